The Morgan fingerprint density at radius 2 is 1.33 bits per heavy atom. The van der Waals surface area contributed by atoms with Crippen LogP contribution < -0.4 is 0 Å². The van der Waals surface area contributed by atoms with Crippen molar-refractivity contribution >= 4 is 5.97 Å². The van der Waals surface area contributed by atoms with Gasteiger partial charge in [0.15, 0.2) is 0 Å². The van der Waals surface area contributed by atoms with Crippen molar-refractivity contribution < 1.29 is 9.53 Å². The lowest BCUT2D eigenvalue weighted by atomic mass is 10.1. The Kier molecular flexibility index (Phi) is 16.2. The van der Waals surface area contributed by atoms with E-state index < -0.39 is 0 Å². The Hall–Kier alpha value is -1.05. The minimum Gasteiger partial charge on any atom is -0.435 e. The van der Waals surface area contributed by atoms with E-state index in [0.717, 1.165) is 6.42 Å². The highest BCUT2D eigenvalue weighted by Gasteiger charge is 1.92. The molecule has 0 aromatic heterocycles. The van der Waals surface area contributed by atoms with E-state index in [1.165, 1.54) is 83.8 Å². The fourth-order valence-electron chi connectivity index (χ4n) is 2.28. The van der Waals surface area contributed by atoms with Gasteiger partial charge in [-0.05, 0) is 18.9 Å². The average Bonchev–Trinajstić information content (AvgIpc) is 2.46. The maximum Gasteiger partial charge on any atom is 0.307 e. The van der Waals surface area contributed by atoms with E-state index in [0.29, 0.717) is 0 Å². The summed E-state index contributed by atoms with van der Waals surface area (Å²) in [5, 5.41) is 0. The van der Waals surface area contributed by atoms with Crippen LogP contribution in [-0.2, 0) is 9.53 Å². The van der Waals surface area contributed by atoms with Crippen LogP contribution >= 0.6 is 0 Å². The minimum absolute atomic E-state index is 0.273. The van der Waals surface area contributed by atoms with E-state index in [4.69, 9.17) is 0 Å². The molecule has 0 aromatic carbocycles. The second-order valence-corrected chi connectivity index (χ2v) is 5.69. The molecule has 0 saturated carbocycles. The van der Waals surface area contributed by atoms with Crippen molar-refractivity contribution in [1.29, 1.82) is 0 Å². The van der Waals surface area contributed by atoms with E-state index in [1.807, 2.05) is 6.08 Å². The highest BCUT2D eigenvalue weighted by atomic mass is 16.5. The number of unbranched alkanes of at least 4 members (excludes halogenated alkanes) is 11. The lowest BCUT2D eigenvalue weighted by Gasteiger charge is -2.01. The molecule has 0 rings (SSSR count). The number of ether oxygens (including phenoxy) is 1. The van der Waals surface area contributed by atoms with Gasteiger partial charge in [-0.2, -0.15) is 0 Å². The van der Waals surface area contributed by atoms with E-state index >= 15 is 0 Å². The molecule has 0 amide bonds. The van der Waals surface area contributed by atoms with Gasteiger partial charge in [0, 0.05) is 6.92 Å². The van der Waals surface area contributed by atoms with Crippen LogP contribution in [0.5, 0.6) is 0 Å². The van der Waals surface area contributed by atoms with Gasteiger partial charge < -0.3 is 4.74 Å². The van der Waals surface area contributed by atoms with Crippen LogP contribution in [0.4, 0.5) is 0 Å². The summed E-state index contributed by atoms with van der Waals surface area (Å²) < 4.78 is 4.68. The third-order valence-corrected chi connectivity index (χ3v) is 3.53. The van der Waals surface area contributed by atoms with Gasteiger partial charge in [-0.15, -0.1) is 0 Å². The smallest absolute Gasteiger partial charge is 0.307 e. The van der Waals surface area contributed by atoms with Crippen LogP contribution in [-0.4, -0.2) is 5.97 Å². The summed E-state index contributed by atoms with van der Waals surface area (Å²) in [6.07, 6.45) is 23.6. The molecule has 122 valence electrons. The molecule has 0 heterocycles. The van der Waals surface area contributed by atoms with Crippen LogP contribution in [0.2, 0.25) is 0 Å². The number of carbonyl (C=O) groups excluding carboxylic acids is 1. The van der Waals surface area contributed by atoms with E-state index in [9.17, 15) is 4.79 Å². The molecule has 0 radical (unpaired) electrons. The van der Waals surface area contributed by atoms with Crippen molar-refractivity contribution in [3.63, 3.8) is 0 Å². The molecule has 2 nitrogen and oxygen atoms in total. The molecule has 0 aliphatic heterocycles. The normalized spacial score (nSPS) is 11.5. The van der Waals surface area contributed by atoms with Gasteiger partial charge in [0.25, 0.3) is 0 Å². The number of carbonyl (C=O) groups is 1. The van der Waals surface area contributed by atoms with Crippen LogP contribution in [0.25, 0.3) is 0 Å². The molecule has 0 bridgehead atoms. The third-order valence-electron chi connectivity index (χ3n) is 3.53. The largest absolute Gasteiger partial charge is 0.435 e. The van der Waals surface area contributed by atoms with Crippen molar-refractivity contribution in [3.05, 3.63) is 24.5 Å². The molecule has 0 aromatic rings. The second-order valence-electron chi connectivity index (χ2n) is 5.69. The highest BCUT2D eigenvalue weighted by molar-refractivity contribution is 5.66. The number of hydrogen-bond donors (Lipinski definition) is 0. The van der Waals surface area contributed by atoms with Gasteiger partial charge in [-0.3, -0.25) is 4.79 Å². The molecule has 0 aliphatic rings. The van der Waals surface area contributed by atoms with E-state index in [1.54, 1.807) is 6.08 Å². The van der Waals surface area contributed by atoms with Crippen LogP contribution in [0.3, 0.4) is 0 Å². The molecule has 0 fully saturated rings. The Balaban J connectivity index is 3.13. The number of allylic oxidation sites excluding steroid dienone is 3. The molecule has 0 spiro atoms. The van der Waals surface area contributed by atoms with Gasteiger partial charge in [-0.1, -0.05) is 83.3 Å². The SMILES string of the molecule is CCCCCCCCCCCCCC=CC=COC(C)=O. The molecule has 2 heteroatoms. The summed E-state index contributed by atoms with van der Waals surface area (Å²) in [6.45, 7) is 3.67. The maximum absolute atomic E-state index is 10.5. The fraction of sp³-hybridized carbons (Fsp3) is 0.737. The number of hydrogen-bond acceptors (Lipinski definition) is 2. The van der Waals surface area contributed by atoms with Gasteiger partial charge in [0.2, 0.25) is 0 Å². The molecule has 0 unspecified atom stereocenters. The van der Waals surface area contributed by atoms with Crippen molar-refractivity contribution in [2.75, 3.05) is 0 Å². The molecular formula is C19H34O2. The molecule has 0 aliphatic carbocycles. The van der Waals surface area contributed by atoms with Crippen LogP contribution in [0.1, 0.15) is 90.9 Å². The van der Waals surface area contributed by atoms with Crippen LogP contribution in [0.15, 0.2) is 24.5 Å². The number of rotatable bonds is 14. The van der Waals surface area contributed by atoms with Gasteiger partial charge in [-0.25, -0.2) is 0 Å². The quantitative estimate of drug-likeness (QED) is 0.162. The minimum atomic E-state index is -0.273. The van der Waals surface area contributed by atoms with Crippen molar-refractivity contribution in [1.82, 2.24) is 0 Å². The Labute approximate surface area is 131 Å². The van der Waals surface area contributed by atoms with Crippen molar-refractivity contribution in [2.24, 2.45) is 0 Å². The predicted molar refractivity (Wildman–Crippen MR) is 91.1 cm³/mol. The summed E-state index contributed by atoms with van der Waals surface area (Å²) in [5.41, 5.74) is 0. The summed E-state index contributed by atoms with van der Waals surface area (Å²) in [5.74, 6) is -0.273. The monoisotopic (exact) mass is 294 g/mol. The Morgan fingerprint density at radius 3 is 1.86 bits per heavy atom. The molecule has 0 saturated heterocycles. The third kappa shape index (κ3) is 18.9. The average molecular weight is 294 g/mol. The lowest BCUT2D eigenvalue weighted by Crippen LogP contribution is -1.88. The second kappa shape index (κ2) is 17.0. The highest BCUT2D eigenvalue weighted by Crippen LogP contribution is 2.11. The standard InChI is InChI=1S/C19H34O2/c1-3-4-5-6-7-8-9-10-11-12-13-14-15-16-17-18-21-19(2)20/h15-18H,3-14H2,1-2H3. The lowest BCUT2D eigenvalue weighted by molar-refractivity contribution is -0.135. The first kappa shape index (κ1) is 19.9. The first-order valence-electron chi connectivity index (χ1n) is 8.76. The zero-order chi connectivity index (χ0) is 15.6. The summed E-state index contributed by atoms with van der Waals surface area (Å²) in [7, 11) is 0. The van der Waals surface area contributed by atoms with Crippen molar-refractivity contribution in [2.45, 2.75) is 90.9 Å². The topological polar surface area (TPSA) is 26.3 Å². The zero-order valence-electron chi connectivity index (χ0n) is 14.1. The summed E-state index contributed by atoms with van der Waals surface area (Å²) in [6, 6.07) is 0. The first-order chi connectivity index (χ1) is 10.3. The maximum atomic E-state index is 10.5. The van der Waals surface area contributed by atoms with Gasteiger partial charge in [0.1, 0.15) is 0 Å². The van der Waals surface area contributed by atoms with Crippen LogP contribution in [0, 0.1) is 0 Å². The number of esters is 1. The van der Waals surface area contributed by atoms with E-state index in [-0.39, 0.29) is 5.97 Å². The molecule has 0 atom stereocenters. The summed E-state index contributed by atoms with van der Waals surface area (Å²) >= 11 is 0. The van der Waals surface area contributed by atoms with Gasteiger partial charge in [0.05, 0.1) is 6.26 Å². The summed E-state index contributed by atoms with van der Waals surface area (Å²) in [4.78, 5) is 10.5. The molecular weight excluding hydrogens is 260 g/mol. The zero-order valence-corrected chi connectivity index (χ0v) is 14.1. The van der Waals surface area contributed by atoms with Gasteiger partial charge >= 0.3 is 5.97 Å². The van der Waals surface area contributed by atoms with E-state index in [2.05, 4.69) is 17.7 Å². The molecule has 0 N–H and O–H groups in total. The first-order valence-corrected chi connectivity index (χ1v) is 8.76. The Morgan fingerprint density at radius 1 is 0.810 bits per heavy atom. The fourth-order valence-corrected chi connectivity index (χ4v) is 2.28. The molecule has 21 heavy (non-hydrogen) atoms. The predicted octanol–water partition coefficient (Wildman–Crippen LogP) is 6.32. The van der Waals surface area contributed by atoms with Crippen molar-refractivity contribution in [3.8, 4) is 0 Å². The Bertz CT molecular complexity index is 279.